The fourth-order valence-electron chi connectivity index (χ4n) is 3.62. The molecule has 4 aromatic rings. The molecule has 33 heavy (non-hydrogen) atoms. The summed E-state index contributed by atoms with van der Waals surface area (Å²) >= 11 is 0. The van der Waals surface area contributed by atoms with Crippen LogP contribution in [-0.4, -0.2) is 22.0 Å². The van der Waals surface area contributed by atoms with Crippen molar-refractivity contribution in [3.63, 3.8) is 0 Å². The van der Waals surface area contributed by atoms with Gasteiger partial charge in [-0.2, -0.15) is 0 Å². The topological polar surface area (TPSA) is 79.3 Å². The standard InChI is InChI=1S/C25H17F3N2O3/c1-13-21(24(31)30-20-10-8-16(25(32)33)12-18(20)26)17-11-15(23(27)28)7-9-19(17)29-22(13)14-5-3-2-4-6-14/h2-12,23H,1H3,(H,30,31)(H,32,33). The smallest absolute Gasteiger partial charge is 0.335 e. The van der Waals surface area contributed by atoms with Crippen LogP contribution < -0.4 is 5.32 Å². The number of nitrogens with zero attached hydrogens (tertiary/aromatic N) is 1. The van der Waals surface area contributed by atoms with Crippen molar-refractivity contribution in [1.29, 1.82) is 0 Å². The monoisotopic (exact) mass is 450 g/mol. The lowest BCUT2D eigenvalue weighted by molar-refractivity contribution is 0.0696. The lowest BCUT2D eigenvalue weighted by atomic mass is 9.96. The van der Waals surface area contributed by atoms with E-state index in [1.807, 2.05) is 6.07 Å². The Morgan fingerprint density at radius 1 is 1.00 bits per heavy atom. The van der Waals surface area contributed by atoms with Crippen molar-refractivity contribution in [1.82, 2.24) is 4.98 Å². The fraction of sp³-hybridized carbons (Fsp3) is 0.0800. The lowest BCUT2D eigenvalue weighted by Crippen LogP contribution is -2.16. The number of carbonyl (C=O) groups is 2. The van der Waals surface area contributed by atoms with Crippen LogP contribution >= 0.6 is 0 Å². The van der Waals surface area contributed by atoms with Crippen LogP contribution in [0, 0.1) is 12.7 Å². The molecule has 0 bridgehead atoms. The lowest BCUT2D eigenvalue weighted by Gasteiger charge is -2.16. The van der Waals surface area contributed by atoms with Gasteiger partial charge in [0.25, 0.3) is 12.3 Å². The maximum Gasteiger partial charge on any atom is 0.335 e. The highest BCUT2D eigenvalue weighted by Gasteiger charge is 2.22. The number of alkyl halides is 2. The number of carboxylic acid groups (broad SMARTS) is 1. The van der Waals surface area contributed by atoms with Crippen LogP contribution in [0.25, 0.3) is 22.2 Å². The number of benzene rings is 3. The van der Waals surface area contributed by atoms with Gasteiger partial charge in [-0.15, -0.1) is 0 Å². The number of amides is 1. The number of carbonyl (C=O) groups excluding carboxylic acids is 1. The van der Waals surface area contributed by atoms with Gasteiger partial charge in [0.1, 0.15) is 5.82 Å². The highest BCUT2D eigenvalue weighted by molar-refractivity contribution is 6.14. The number of hydrogen-bond acceptors (Lipinski definition) is 3. The van der Waals surface area contributed by atoms with E-state index in [-0.39, 0.29) is 27.8 Å². The van der Waals surface area contributed by atoms with Crippen molar-refractivity contribution in [2.45, 2.75) is 13.3 Å². The van der Waals surface area contributed by atoms with Crippen molar-refractivity contribution in [2.75, 3.05) is 5.32 Å². The average Bonchev–Trinajstić information content (AvgIpc) is 2.79. The number of rotatable bonds is 5. The van der Waals surface area contributed by atoms with Gasteiger partial charge in [-0.05, 0) is 42.8 Å². The van der Waals surface area contributed by atoms with Gasteiger partial charge in [-0.1, -0.05) is 36.4 Å². The first-order valence-electron chi connectivity index (χ1n) is 9.88. The Labute approximate surface area is 186 Å². The molecule has 0 saturated carbocycles. The van der Waals surface area contributed by atoms with E-state index >= 15 is 0 Å². The third kappa shape index (κ3) is 4.27. The third-order valence-electron chi connectivity index (χ3n) is 5.24. The van der Waals surface area contributed by atoms with E-state index < -0.39 is 24.1 Å². The van der Waals surface area contributed by atoms with Gasteiger partial charge in [-0.3, -0.25) is 4.79 Å². The number of fused-ring (bicyclic) bond motifs is 1. The van der Waals surface area contributed by atoms with E-state index in [0.29, 0.717) is 16.8 Å². The van der Waals surface area contributed by atoms with E-state index in [9.17, 15) is 22.8 Å². The van der Waals surface area contributed by atoms with Crippen LogP contribution in [0.2, 0.25) is 0 Å². The zero-order chi connectivity index (χ0) is 23.7. The second kappa shape index (κ2) is 8.74. The predicted molar refractivity (Wildman–Crippen MR) is 118 cm³/mol. The Kier molecular flexibility index (Phi) is 5.83. The van der Waals surface area contributed by atoms with Crippen molar-refractivity contribution in [2.24, 2.45) is 0 Å². The first kappa shape index (κ1) is 22.0. The molecule has 0 aliphatic heterocycles. The summed E-state index contributed by atoms with van der Waals surface area (Å²) in [6.45, 7) is 1.64. The minimum Gasteiger partial charge on any atom is -0.478 e. The first-order valence-corrected chi connectivity index (χ1v) is 9.88. The normalized spacial score (nSPS) is 11.1. The van der Waals surface area contributed by atoms with Crippen LogP contribution in [0.5, 0.6) is 0 Å². The van der Waals surface area contributed by atoms with Crippen molar-refractivity contribution >= 4 is 28.5 Å². The molecule has 5 nitrogen and oxygen atoms in total. The zero-order valence-corrected chi connectivity index (χ0v) is 17.3. The average molecular weight is 450 g/mol. The van der Waals surface area contributed by atoms with Crippen molar-refractivity contribution < 1.29 is 27.9 Å². The zero-order valence-electron chi connectivity index (χ0n) is 17.3. The first-order chi connectivity index (χ1) is 15.8. The summed E-state index contributed by atoms with van der Waals surface area (Å²) in [5.41, 5.74) is 1.26. The number of pyridine rings is 1. The molecule has 0 atom stereocenters. The van der Waals surface area contributed by atoms with E-state index in [2.05, 4.69) is 10.3 Å². The van der Waals surface area contributed by atoms with Crippen LogP contribution in [0.1, 0.15) is 38.3 Å². The SMILES string of the molecule is Cc1c(-c2ccccc2)nc2ccc(C(F)F)cc2c1C(=O)Nc1ccc(C(=O)O)cc1F. The number of hydrogen-bond donors (Lipinski definition) is 2. The van der Waals surface area contributed by atoms with Gasteiger partial charge in [-0.25, -0.2) is 22.9 Å². The van der Waals surface area contributed by atoms with E-state index in [0.717, 1.165) is 23.8 Å². The summed E-state index contributed by atoms with van der Waals surface area (Å²) in [6.07, 6.45) is -2.75. The third-order valence-corrected chi connectivity index (χ3v) is 5.24. The maximum atomic E-state index is 14.4. The Bertz CT molecular complexity index is 1390. The molecule has 166 valence electrons. The summed E-state index contributed by atoms with van der Waals surface area (Å²) in [5, 5.41) is 11.6. The van der Waals surface area contributed by atoms with Gasteiger partial charge in [0.15, 0.2) is 0 Å². The summed E-state index contributed by atoms with van der Waals surface area (Å²) in [5.74, 6) is -2.98. The van der Waals surface area contributed by atoms with Gasteiger partial charge >= 0.3 is 5.97 Å². The minimum atomic E-state index is -2.75. The highest BCUT2D eigenvalue weighted by atomic mass is 19.3. The minimum absolute atomic E-state index is 0.0723. The van der Waals surface area contributed by atoms with Gasteiger partial charge in [0.05, 0.1) is 28.0 Å². The van der Waals surface area contributed by atoms with Gasteiger partial charge in [0.2, 0.25) is 0 Å². The van der Waals surface area contributed by atoms with Crippen LogP contribution in [0.15, 0.2) is 66.7 Å². The molecular weight excluding hydrogens is 433 g/mol. The molecular formula is C25H17F3N2O3. The molecule has 0 unspecified atom stereocenters. The highest BCUT2D eigenvalue weighted by Crippen LogP contribution is 2.33. The largest absolute Gasteiger partial charge is 0.478 e. The molecule has 0 radical (unpaired) electrons. The molecule has 2 N–H and O–H groups in total. The number of aromatic nitrogens is 1. The second-order valence-electron chi connectivity index (χ2n) is 7.36. The molecule has 1 aromatic heterocycles. The van der Waals surface area contributed by atoms with E-state index in [4.69, 9.17) is 5.11 Å². The molecule has 0 aliphatic rings. The summed E-state index contributed by atoms with van der Waals surface area (Å²) < 4.78 is 41.1. The van der Waals surface area contributed by atoms with Crippen molar-refractivity contribution in [3.8, 4) is 11.3 Å². The van der Waals surface area contributed by atoms with Crippen molar-refractivity contribution in [3.05, 3.63) is 94.8 Å². The number of nitrogens with one attached hydrogen (secondary N) is 1. The Morgan fingerprint density at radius 2 is 1.73 bits per heavy atom. The Hall–Kier alpha value is -4.20. The van der Waals surface area contributed by atoms with Crippen LogP contribution in [0.4, 0.5) is 18.9 Å². The number of halogens is 3. The molecule has 3 aromatic carbocycles. The second-order valence-corrected chi connectivity index (χ2v) is 7.36. The Morgan fingerprint density at radius 3 is 2.36 bits per heavy atom. The number of anilines is 1. The number of aromatic carboxylic acids is 1. The molecule has 0 spiro atoms. The van der Waals surface area contributed by atoms with E-state index in [1.54, 1.807) is 31.2 Å². The Balaban J connectivity index is 1.88. The van der Waals surface area contributed by atoms with Gasteiger partial charge in [0, 0.05) is 16.5 Å². The van der Waals surface area contributed by atoms with Crippen LogP contribution in [0.3, 0.4) is 0 Å². The summed E-state index contributed by atoms with van der Waals surface area (Å²) in [6, 6.07) is 16.0. The molecule has 1 amide bonds. The number of carboxylic acids is 1. The molecule has 0 aliphatic carbocycles. The predicted octanol–water partition coefficient (Wildman–Crippen LogP) is 6.24. The molecule has 0 fully saturated rings. The van der Waals surface area contributed by atoms with E-state index in [1.165, 1.54) is 18.2 Å². The maximum absolute atomic E-state index is 14.4. The summed E-state index contributed by atoms with van der Waals surface area (Å²) in [4.78, 5) is 28.9. The van der Waals surface area contributed by atoms with Gasteiger partial charge < -0.3 is 10.4 Å². The molecule has 8 heteroatoms. The quantitative estimate of drug-likeness (QED) is 0.377. The van der Waals surface area contributed by atoms with Crippen LogP contribution in [-0.2, 0) is 0 Å². The fourth-order valence-corrected chi connectivity index (χ4v) is 3.62. The molecule has 0 saturated heterocycles. The summed E-state index contributed by atoms with van der Waals surface area (Å²) in [7, 11) is 0. The molecule has 4 rings (SSSR count). The molecule has 1 heterocycles.